The Kier molecular flexibility index (Phi) is 3.77. The number of fused-ring (bicyclic) bond motifs is 1. The Morgan fingerprint density at radius 3 is 2.53 bits per heavy atom. The fourth-order valence-electron chi connectivity index (χ4n) is 1.75. The van der Waals surface area contributed by atoms with Gasteiger partial charge in [-0.1, -0.05) is 11.6 Å². The first-order valence-electron chi connectivity index (χ1n) is 4.90. The summed E-state index contributed by atoms with van der Waals surface area (Å²) >= 11 is 5.72. The lowest BCUT2D eigenvalue weighted by atomic mass is 10.1. The molecule has 19 heavy (non-hydrogen) atoms. The molecule has 8 heteroatoms. The minimum absolute atomic E-state index is 0.221. The average Bonchev–Trinajstić information content (AvgIpc) is 2.25. The molecule has 0 amide bonds. The highest BCUT2D eigenvalue weighted by Crippen LogP contribution is 2.44. The van der Waals surface area contributed by atoms with Crippen molar-refractivity contribution in [3.63, 3.8) is 0 Å². The molecule has 0 radical (unpaired) electrons. The molecule has 1 aromatic carbocycles. The molecule has 1 aliphatic heterocycles. The second kappa shape index (κ2) is 4.92. The summed E-state index contributed by atoms with van der Waals surface area (Å²) in [4.78, 5) is 11.1. The van der Waals surface area contributed by atoms with E-state index in [9.17, 15) is 23.1 Å². The van der Waals surface area contributed by atoms with Crippen molar-refractivity contribution in [2.75, 3.05) is 0 Å². The van der Waals surface area contributed by atoms with E-state index in [1.165, 1.54) is 18.2 Å². The quantitative estimate of drug-likeness (QED) is 0.743. The summed E-state index contributed by atoms with van der Waals surface area (Å²) in [5.74, 6) is -1.88. The Hall–Kier alpha value is -0.850. The van der Waals surface area contributed by atoms with Crippen molar-refractivity contribution in [3.05, 3.63) is 34.4 Å². The first-order chi connectivity index (χ1) is 8.71. The average molecular weight is 329 g/mol. The highest BCUT2D eigenvalue weighted by atomic mass is 35.7. The summed E-state index contributed by atoms with van der Waals surface area (Å²) < 4.78 is 38.8. The van der Waals surface area contributed by atoms with Gasteiger partial charge in [0.1, 0.15) is 0 Å². The number of rotatable bonds is 1. The number of alkyl halides is 3. The molecular weight excluding hydrogens is 324 g/mol. The van der Waals surface area contributed by atoms with Crippen molar-refractivity contribution in [2.24, 2.45) is 0 Å². The monoisotopic (exact) mass is 328 g/mol. The highest BCUT2D eigenvalue weighted by molar-refractivity contribution is 8.19. The lowest BCUT2D eigenvalue weighted by Gasteiger charge is -2.24. The molecule has 0 spiro atoms. The summed E-state index contributed by atoms with van der Waals surface area (Å²) in [5.41, 5.74) is -0.605. The van der Waals surface area contributed by atoms with Crippen molar-refractivity contribution in [1.29, 1.82) is 0 Å². The summed E-state index contributed by atoms with van der Waals surface area (Å²) in [6.45, 7) is 0. The smallest absolute Gasteiger partial charge is 0.443 e. The van der Waals surface area contributed by atoms with Gasteiger partial charge in [-0.15, -0.1) is 0 Å². The molecule has 1 aliphatic rings. The van der Waals surface area contributed by atoms with Crippen LogP contribution < -0.4 is 5.11 Å². The third-order valence-corrected chi connectivity index (χ3v) is 5.51. The third-order valence-electron chi connectivity index (χ3n) is 2.52. The molecule has 0 fully saturated rings. The Balaban J connectivity index is 2.64. The van der Waals surface area contributed by atoms with Gasteiger partial charge in [-0.3, -0.25) is 0 Å². The van der Waals surface area contributed by atoms with Crippen LogP contribution in [0.2, 0.25) is 5.02 Å². The second-order valence-corrected chi connectivity index (χ2v) is 6.69. The molecule has 1 aromatic rings. The molecule has 0 aliphatic carbocycles. The van der Waals surface area contributed by atoms with Crippen molar-refractivity contribution in [1.82, 2.24) is 0 Å². The zero-order valence-electron chi connectivity index (χ0n) is 9.00. The van der Waals surface area contributed by atoms with Gasteiger partial charge in [0.15, 0.2) is 25.7 Å². The Labute approximate surface area is 118 Å². The van der Waals surface area contributed by atoms with E-state index in [2.05, 4.69) is 0 Å². The zero-order chi connectivity index (χ0) is 14.4. The van der Waals surface area contributed by atoms with Crippen molar-refractivity contribution in [2.45, 2.75) is 16.3 Å². The lowest BCUT2D eigenvalue weighted by molar-refractivity contribution is -0.300. The van der Waals surface area contributed by atoms with Gasteiger partial charge in [0.25, 0.3) is 5.25 Å². The largest absolute Gasteiger partial charge is 0.545 e. The molecule has 2 atom stereocenters. The van der Waals surface area contributed by atoms with Crippen molar-refractivity contribution < 1.29 is 23.1 Å². The molecule has 0 saturated carbocycles. The molecule has 0 N–H and O–H groups in total. The molecule has 102 valence electrons. The van der Waals surface area contributed by atoms with Crippen LogP contribution in [-0.4, -0.2) is 17.4 Å². The molecular formula is C11H5Cl2F3O2S. The predicted octanol–water partition coefficient (Wildman–Crippen LogP) is 2.55. The van der Waals surface area contributed by atoms with E-state index in [1.807, 2.05) is 0 Å². The number of hydrogen-bond donors (Lipinski definition) is 0. The number of carboxylic acids is 1. The normalized spacial score (nSPS) is 22.7. The fraction of sp³-hybridized carbons (Fsp3) is 0.182. The fourth-order valence-corrected chi connectivity index (χ4v) is 4.36. The minimum Gasteiger partial charge on any atom is -0.545 e. The van der Waals surface area contributed by atoms with Gasteiger partial charge >= 0.3 is 6.18 Å². The standard InChI is InChI=1S/C11H5Cl2F3O2S/c12-6-1-2-8-5(3-6)4-7(10(17)18)9(19(8)13)11(14,15)16/h1-4,9H. The van der Waals surface area contributed by atoms with E-state index >= 15 is 0 Å². The van der Waals surface area contributed by atoms with E-state index < -0.39 is 33.1 Å². The highest BCUT2D eigenvalue weighted by Gasteiger charge is 2.57. The Morgan fingerprint density at radius 1 is 1.37 bits per heavy atom. The Morgan fingerprint density at radius 2 is 2.00 bits per heavy atom. The number of carbonyl (C=O) groups excluding carboxylic acids is 1. The zero-order valence-corrected chi connectivity index (χ0v) is 11.3. The van der Waals surface area contributed by atoms with Crippen LogP contribution in [0.15, 0.2) is 28.7 Å². The van der Waals surface area contributed by atoms with E-state index in [1.54, 1.807) is 0 Å². The van der Waals surface area contributed by atoms with Gasteiger partial charge in [0.2, 0.25) is 0 Å². The van der Waals surface area contributed by atoms with Crippen LogP contribution in [0.1, 0.15) is 5.56 Å². The Bertz CT molecular complexity index is 572. The number of halogens is 5. The number of hydrogen-bond acceptors (Lipinski definition) is 2. The first-order valence-corrected chi connectivity index (χ1v) is 7.39. The van der Waals surface area contributed by atoms with Crippen molar-refractivity contribution >= 4 is 44.4 Å². The maximum atomic E-state index is 12.9. The number of benzene rings is 1. The van der Waals surface area contributed by atoms with Gasteiger partial charge in [0, 0.05) is 16.2 Å². The SMILES string of the molecule is O=C([O-])C1=Cc2cc(Cl)ccc2[S+](Cl)C1C(F)(F)F. The van der Waals surface area contributed by atoms with Crippen LogP contribution in [-0.2, 0) is 14.9 Å². The molecule has 0 saturated heterocycles. The molecule has 2 unspecified atom stereocenters. The summed E-state index contributed by atoms with van der Waals surface area (Å²) in [6.07, 6.45) is -3.84. The molecule has 2 nitrogen and oxygen atoms in total. The number of aliphatic carboxylic acids is 1. The molecule has 2 rings (SSSR count). The van der Waals surface area contributed by atoms with Gasteiger partial charge in [-0.05, 0) is 24.3 Å². The molecule has 1 heterocycles. The van der Waals surface area contributed by atoms with Gasteiger partial charge in [-0.2, -0.15) is 13.2 Å². The van der Waals surface area contributed by atoms with E-state index in [0.717, 1.165) is 6.08 Å². The third kappa shape index (κ3) is 2.70. The topological polar surface area (TPSA) is 40.1 Å². The van der Waals surface area contributed by atoms with Crippen LogP contribution >= 0.6 is 22.3 Å². The van der Waals surface area contributed by atoms with Gasteiger partial charge < -0.3 is 9.90 Å². The second-order valence-electron chi connectivity index (χ2n) is 3.78. The molecule has 0 aromatic heterocycles. The van der Waals surface area contributed by atoms with E-state index in [4.69, 9.17) is 22.3 Å². The first kappa shape index (κ1) is 14.6. The summed E-state index contributed by atoms with van der Waals surface area (Å²) in [7, 11) is 3.99. The van der Waals surface area contributed by atoms with Crippen LogP contribution in [0, 0.1) is 0 Å². The maximum Gasteiger partial charge on any atom is 0.443 e. The maximum absolute atomic E-state index is 12.9. The van der Waals surface area contributed by atoms with Crippen LogP contribution in [0.25, 0.3) is 6.08 Å². The number of carboxylic acid groups (broad SMARTS) is 1. The van der Waals surface area contributed by atoms with Crippen LogP contribution in [0.4, 0.5) is 13.2 Å². The van der Waals surface area contributed by atoms with Crippen LogP contribution in [0.3, 0.4) is 0 Å². The lowest BCUT2D eigenvalue weighted by Crippen LogP contribution is -2.44. The summed E-state index contributed by atoms with van der Waals surface area (Å²) in [5, 5.41) is 8.90. The van der Waals surface area contributed by atoms with Gasteiger partial charge in [-0.25, -0.2) is 0 Å². The summed E-state index contributed by atoms with van der Waals surface area (Å²) in [6, 6.07) is 4.15. The minimum atomic E-state index is -4.76. The van der Waals surface area contributed by atoms with E-state index in [-0.39, 0.29) is 15.5 Å². The number of carbonyl (C=O) groups is 1. The van der Waals surface area contributed by atoms with Crippen LogP contribution in [0.5, 0.6) is 0 Å². The van der Waals surface area contributed by atoms with Crippen molar-refractivity contribution in [3.8, 4) is 0 Å². The molecule has 0 bridgehead atoms. The van der Waals surface area contributed by atoms with Gasteiger partial charge in [0.05, 0.1) is 5.97 Å². The predicted molar refractivity (Wildman–Crippen MR) is 65.8 cm³/mol. The van der Waals surface area contributed by atoms with E-state index in [0.29, 0.717) is 0 Å².